The van der Waals surface area contributed by atoms with E-state index in [-0.39, 0.29) is 13.0 Å². The van der Waals surface area contributed by atoms with Gasteiger partial charge in [-0.15, -0.1) is 0 Å². The molecular formula is C25H25NO5. The van der Waals surface area contributed by atoms with Crippen LogP contribution in [0.1, 0.15) is 16.7 Å². The van der Waals surface area contributed by atoms with Crippen LogP contribution in [0.2, 0.25) is 0 Å². The smallest absolute Gasteiger partial charge is 0.408 e. The Labute approximate surface area is 181 Å². The van der Waals surface area contributed by atoms with E-state index >= 15 is 0 Å². The van der Waals surface area contributed by atoms with Gasteiger partial charge in [0, 0.05) is 6.42 Å². The topological polar surface area (TPSA) is 73.9 Å². The van der Waals surface area contributed by atoms with E-state index < -0.39 is 18.1 Å². The van der Waals surface area contributed by atoms with Crippen LogP contribution >= 0.6 is 0 Å². The molecule has 0 aliphatic carbocycles. The Balaban J connectivity index is 1.53. The van der Waals surface area contributed by atoms with E-state index in [0.29, 0.717) is 6.61 Å². The lowest BCUT2D eigenvalue weighted by molar-refractivity contribution is -0.143. The summed E-state index contributed by atoms with van der Waals surface area (Å²) in [7, 11) is 1.28. The minimum atomic E-state index is -0.857. The van der Waals surface area contributed by atoms with Gasteiger partial charge in [-0.3, -0.25) is 0 Å². The van der Waals surface area contributed by atoms with Gasteiger partial charge >= 0.3 is 12.1 Å². The molecule has 0 saturated carbocycles. The number of hydrogen-bond acceptors (Lipinski definition) is 5. The summed E-state index contributed by atoms with van der Waals surface area (Å²) in [5, 5.41) is 2.58. The van der Waals surface area contributed by atoms with Crippen LogP contribution in [0.5, 0.6) is 5.75 Å². The number of carbonyl (C=O) groups is 2. The number of rotatable bonds is 9. The molecule has 0 spiro atoms. The first kappa shape index (κ1) is 21.9. The zero-order chi connectivity index (χ0) is 21.9. The third-order valence-corrected chi connectivity index (χ3v) is 4.60. The Morgan fingerprint density at radius 2 is 1.35 bits per heavy atom. The van der Waals surface area contributed by atoms with Crippen molar-refractivity contribution in [3.63, 3.8) is 0 Å². The van der Waals surface area contributed by atoms with Crippen molar-refractivity contribution in [2.24, 2.45) is 0 Å². The van der Waals surface area contributed by atoms with Gasteiger partial charge in [-0.1, -0.05) is 72.8 Å². The summed E-state index contributed by atoms with van der Waals surface area (Å²) in [5.74, 6) is 0.179. The van der Waals surface area contributed by atoms with E-state index in [0.717, 1.165) is 22.4 Å². The van der Waals surface area contributed by atoms with E-state index in [4.69, 9.17) is 14.2 Å². The zero-order valence-electron chi connectivity index (χ0n) is 17.3. The van der Waals surface area contributed by atoms with Crippen molar-refractivity contribution in [1.82, 2.24) is 5.32 Å². The highest BCUT2D eigenvalue weighted by Crippen LogP contribution is 2.16. The van der Waals surface area contributed by atoms with Crippen molar-refractivity contribution in [1.29, 1.82) is 0 Å². The van der Waals surface area contributed by atoms with Crippen LogP contribution in [0.15, 0.2) is 84.9 Å². The molecule has 0 bridgehead atoms. The standard InChI is InChI=1S/C25H25NO5/c1-29-24(27)23(26-25(28)31-18-21-10-6-3-7-11-21)16-19-12-14-22(15-13-19)30-17-20-8-4-2-5-9-20/h2-15,23H,16-18H2,1H3,(H,26,28). The van der Waals surface area contributed by atoms with E-state index in [9.17, 15) is 9.59 Å². The van der Waals surface area contributed by atoms with Crippen LogP contribution in [0.3, 0.4) is 0 Å². The highest BCUT2D eigenvalue weighted by atomic mass is 16.6. The summed E-state index contributed by atoms with van der Waals surface area (Å²) in [5.41, 5.74) is 2.79. The average Bonchev–Trinajstić information content (AvgIpc) is 2.82. The van der Waals surface area contributed by atoms with Gasteiger partial charge in [-0.25, -0.2) is 9.59 Å². The molecule has 1 N–H and O–H groups in total. The Kier molecular flexibility index (Phi) is 8.05. The fourth-order valence-electron chi connectivity index (χ4n) is 2.94. The lowest BCUT2D eigenvalue weighted by Gasteiger charge is -2.17. The minimum absolute atomic E-state index is 0.119. The Hall–Kier alpha value is -3.80. The van der Waals surface area contributed by atoms with Gasteiger partial charge in [0.2, 0.25) is 0 Å². The van der Waals surface area contributed by atoms with Gasteiger partial charge in [0.05, 0.1) is 7.11 Å². The third kappa shape index (κ3) is 7.19. The molecule has 0 radical (unpaired) electrons. The van der Waals surface area contributed by atoms with Crippen LogP contribution in [0.25, 0.3) is 0 Å². The predicted molar refractivity (Wildman–Crippen MR) is 116 cm³/mol. The largest absolute Gasteiger partial charge is 0.489 e. The SMILES string of the molecule is COC(=O)C(Cc1ccc(OCc2ccccc2)cc1)NC(=O)OCc1ccccc1. The predicted octanol–water partition coefficient (Wildman–Crippen LogP) is 4.28. The molecule has 0 aliphatic rings. The van der Waals surface area contributed by atoms with Crippen molar-refractivity contribution >= 4 is 12.1 Å². The zero-order valence-corrected chi connectivity index (χ0v) is 17.3. The normalized spacial score (nSPS) is 11.3. The molecule has 0 aliphatic heterocycles. The number of methoxy groups -OCH3 is 1. The quantitative estimate of drug-likeness (QED) is 0.524. The number of esters is 1. The van der Waals surface area contributed by atoms with Gasteiger partial charge in [0.1, 0.15) is 25.0 Å². The molecule has 3 aromatic rings. The highest BCUT2D eigenvalue weighted by molar-refractivity contribution is 5.81. The third-order valence-electron chi connectivity index (χ3n) is 4.60. The van der Waals surface area contributed by atoms with Gasteiger partial charge < -0.3 is 19.5 Å². The van der Waals surface area contributed by atoms with Crippen LogP contribution in [-0.4, -0.2) is 25.2 Å². The molecule has 1 amide bonds. The molecule has 1 unspecified atom stereocenters. The second kappa shape index (κ2) is 11.4. The molecule has 0 aromatic heterocycles. The molecule has 160 valence electrons. The Morgan fingerprint density at radius 3 is 1.94 bits per heavy atom. The van der Waals surface area contributed by atoms with E-state index in [1.54, 1.807) is 0 Å². The van der Waals surface area contributed by atoms with Gasteiger partial charge in [-0.05, 0) is 28.8 Å². The molecular weight excluding hydrogens is 394 g/mol. The van der Waals surface area contributed by atoms with Crippen molar-refractivity contribution < 1.29 is 23.8 Å². The number of benzene rings is 3. The summed E-state index contributed by atoms with van der Waals surface area (Å²) in [6.07, 6.45) is -0.409. The first-order chi connectivity index (χ1) is 15.1. The van der Waals surface area contributed by atoms with E-state index in [1.807, 2.05) is 84.9 Å². The van der Waals surface area contributed by atoms with E-state index in [2.05, 4.69) is 5.32 Å². The number of carbonyl (C=O) groups excluding carboxylic acids is 2. The highest BCUT2D eigenvalue weighted by Gasteiger charge is 2.22. The summed E-state index contributed by atoms with van der Waals surface area (Å²) in [6, 6.07) is 25.7. The first-order valence-corrected chi connectivity index (χ1v) is 9.95. The lowest BCUT2D eigenvalue weighted by Crippen LogP contribution is -2.43. The van der Waals surface area contributed by atoms with Crippen molar-refractivity contribution in [2.75, 3.05) is 7.11 Å². The fourth-order valence-corrected chi connectivity index (χ4v) is 2.94. The van der Waals surface area contributed by atoms with Crippen molar-refractivity contribution in [3.05, 3.63) is 102 Å². The molecule has 1 atom stereocenters. The summed E-state index contributed by atoms with van der Waals surface area (Å²) in [6.45, 7) is 0.591. The maximum atomic E-state index is 12.2. The maximum Gasteiger partial charge on any atom is 0.408 e. The fraction of sp³-hybridized carbons (Fsp3) is 0.200. The average molecular weight is 419 g/mol. The van der Waals surface area contributed by atoms with Crippen molar-refractivity contribution in [2.45, 2.75) is 25.7 Å². The number of hydrogen-bond donors (Lipinski definition) is 1. The van der Waals surface area contributed by atoms with Crippen LogP contribution in [0.4, 0.5) is 4.79 Å². The van der Waals surface area contributed by atoms with Gasteiger partial charge in [0.15, 0.2) is 0 Å². The minimum Gasteiger partial charge on any atom is -0.489 e. The Bertz CT molecular complexity index is 958. The summed E-state index contributed by atoms with van der Waals surface area (Å²) in [4.78, 5) is 24.3. The molecule has 0 heterocycles. The van der Waals surface area contributed by atoms with Crippen molar-refractivity contribution in [3.8, 4) is 5.75 Å². The lowest BCUT2D eigenvalue weighted by atomic mass is 10.1. The monoisotopic (exact) mass is 419 g/mol. The number of alkyl carbamates (subject to hydrolysis) is 1. The first-order valence-electron chi connectivity index (χ1n) is 9.95. The molecule has 0 fully saturated rings. The molecule has 3 aromatic carbocycles. The number of nitrogens with one attached hydrogen (secondary N) is 1. The molecule has 3 rings (SSSR count). The molecule has 6 heteroatoms. The molecule has 6 nitrogen and oxygen atoms in total. The maximum absolute atomic E-state index is 12.2. The van der Waals surface area contributed by atoms with E-state index in [1.165, 1.54) is 7.11 Å². The summed E-state index contributed by atoms with van der Waals surface area (Å²) < 4.78 is 15.8. The summed E-state index contributed by atoms with van der Waals surface area (Å²) >= 11 is 0. The van der Waals surface area contributed by atoms with Crippen LogP contribution in [0, 0.1) is 0 Å². The van der Waals surface area contributed by atoms with Crippen LogP contribution in [-0.2, 0) is 33.9 Å². The number of ether oxygens (including phenoxy) is 3. The Morgan fingerprint density at radius 1 is 0.774 bits per heavy atom. The van der Waals surface area contributed by atoms with Crippen LogP contribution < -0.4 is 10.1 Å². The molecule has 31 heavy (non-hydrogen) atoms. The second-order valence-corrected chi connectivity index (χ2v) is 6.90. The molecule has 0 saturated heterocycles. The second-order valence-electron chi connectivity index (χ2n) is 6.90. The van der Waals surface area contributed by atoms with Gasteiger partial charge in [-0.2, -0.15) is 0 Å². The number of amides is 1. The van der Waals surface area contributed by atoms with Gasteiger partial charge in [0.25, 0.3) is 0 Å².